The highest BCUT2D eigenvalue weighted by atomic mass is 15.4. The van der Waals surface area contributed by atoms with Gasteiger partial charge in [-0.2, -0.15) is 10.1 Å². The van der Waals surface area contributed by atoms with Crippen LogP contribution >= 0.6 is 0 Å². The summed E-state index contributed by atoms with van der Waals surface area (Å²) in [6.07, 6.45) is 4.58. The quantitative estimate of drug-likeness (QED) is 0.712. The zero-order chi connectivity index (χ0) is 12.5. The summed E-state index contributed by atoms with van der Waals surface area (Å²) in [7, 11) is 0. The summed E-state index contributed by atoms with van der Waals surface area (Å²) >= 11 is 0. The van der Waals surface area contributed by atoms with Crippen molar-refractivity contribution in [3.8, 4) is 11.4 Å². The number of nitrogens with two attached hydrogens (primary N) is 1. The molecule has 96 valence electrons. The average molecular weight is 247 g/mol. The second-order valence-corrected chi connectivity index (χ2v) is 4.85. The maximum atomic E-state index is 6.08. The van der Waals surface area contributed by atoms with E-state index in [4.69, 9.17) is 5.73 Å². The van der Waals surface area contributed by atoms with Gasteiger partial charge in [0.15, 0.2) is 5.82 Å². The molecule has 18 heavy (non-hydrogen) atoms. The number of anilines is 1. The Bertz CT molecular complexity index is 503. The van der Waals surface area contributed by atoms with Gasteiger partial charge in [-0.3, -0.25) is 10.2 Å². The highest BCUT2D eigenvalue weighted by Gasteiger charge is 2.25. The first-order chi connectivity index (χ1) is 8.74. The molecule has 0 amide bonds. The van der Waals surface area contributed by atoms with Crippen LogP contribution in [0.1, 0.15) is 13.3 Å². The average Bonchev–Trinajstić information content (AvgIpc) is 3.01. The summed E-state index contributed by atoms with van der Waals surface area (Å²) in [6, 6.07) is 0.189. The van der Waals surface area contributed by atoms with E-state index in [2.05, 4.69) is 37.2 Å². The fourth-order valence-corrected chi connectivity index (χ4v) is 2.18. The lowest BCUT2D eigenvalue weighted by atomic mass is 9.95. The number of aromatic amines is 2. The summed E-state index contributed by atoms with van der Waals surface area (Å²) < 4.78 is 0. The van der Waals surface area contributed by atoms with Crippen molar-refractivity contribution >= 4 is 5.95 Å². The normalized spacial score (nSPS) is 24.4. The van der Waals surface area contributed by atoms with Gasteiger partial charge in [0.2, 0.25) is 5.95 Å². The third kappa shape index (κ3) is 1.97. The van der Waals surface area contributed by atoms with Gasteiger partial charge in [0, 0.05) is 25.3 Å². The topological polar surface area (TPSA) is 99.5 Å². The van der Waals surface area contributed by atoms with Crippen LogP contribution in [0.25, 0.3) is 11.4 Å². The molecule has 2 aromatic heterocycles. The number of piperidine rings is 1. The number of nitrogens with zero attached hydrogens (tertiary/aromatic N) is 4. The van der Waals surface area contributed by atoms with Crippen LogP contribution < -0.4 is 10.6 Å². The first-order valence-electron chi connectivity index (χ1n) is 6.16. The summed E-state index contributed by atoms with van der Waals surface area (Å²) in [4.78, 5) is 6.61. The minimum atomic E-state index is 0.189. The van der Waals surface area contributed by atoms with E-state index in [1.165, 1.54) is 0 Å². The molecular formula is C11H17N7. The van der Waals surface area contributed by atoms with Gasteiger partial charge in [-0.1, -0.05) is 6.92 Å². The molecule has 3 heterocycles. The molecule has 0 spiro atoms. The fourth-order valence-electron chi connectivity index (χ4n) is 2.18. The third-order valence-electron chi connectivity index (χ3n) is 3.54. The number of aromatic nitrogens is 5. The Balaban J connectivity index is 1.77. The van der Waals surface area contributed by atoms with Crippen molar-refractivity contribution in [2.75, 3.05) is 18.0 Å². The van der Waals surface area contributed by atoms with E-state index in [0.29, 0.717) is 11.9 Å². The molecule has 0 radical (unpaired) electrons. The van der Waals surface area contributed by atoms with E-state index in [9.17, 15) is 0 Å². The van der Waals surface area contributed by atoms with Crippen molar-refractivity contribution < 1.29 is 0 Å². The molecule has 1 fully saturated rings. The lowest BCUT2D eigenvalue weighted by Crippen LogP contribution is -2.48. The first-order valence-corrected chi connectivity index (χ1v) is 6.16. The van der Waals surface area contributed by atoms with Crippen LogP contribution in [0.3, 0.4) is 0 Å². The van der Waals surface area contributed by atoms with Crippen LogP contribution in [0.4, 0.5) is 5.95 Å². The van der Waals surface area contributed by atoms with Crippen LogP contribution in [0.15, 0.2) is 12.4 Å². The molecule has 3 rings (SSSR count). The van der Waals surface area contributed by atoms with Gasteiger partial charge in [0.1, 0.15) is 0 Å². The number of hydrogen-bond donors (Lipinski definition) is 3. The number of hydrogen-bond acceptors (Lipinski definition) is 5. The molecule has 0 aliphatic carbocycles. The monoisotopic (exact) mass is 247 g/mol. The Kier molecular flexibility index (Phi) is 2.75. The molecule has 7 heteroatoms. The van der Waals surface area contributed by atoms with Crippen molar-refractivity contribution in [2.24, 2.45) is 11.7 Å². The van der Waals surface area contributed by atoms with E-state index in [1.54, 1.807) is 12.4 Å². The van der Waals surface area contributed by atoms with Gasteiger partial charge in [-0.15, -0.1) is 5.10 Å². The SMILES string of the molecule is CC1CCN(c2n[nH]c(-c3cn[nH]c3)n2)CC1N. The summed E-state index contributed by atoms with van der Waals surface area (Å²) in [6.45, 7) is 3.96. The zero-order valence-corrected chi connectivity index (χ0v) is 10.3. The van der Waals surface area contributed by atoms with Crippen molar-refractivity contribution in [3.05, 3.63) is 12.4 Å². The maximum absolute atomic E-state index is 6.08. The molecule has 2 unspecified atom stereocenters. The van der Waals surface area contributed by atoms with Crippen molar-refractivity contribution in [2.45, 2.75) is 19.4 Å². The molecule has 0 bridgehead atoms. The summed E-state index contributed by atoms with van der Waals surface area (Å²) in [5, 5.41) is 13.8. The Morgan fingerprint density at radius 1 is 1.50 bits per heavy atom. The highest BCUT2D eigenvalue weighted by Crippen LogP contribution is 2.21. The number of nitrogens with one attached hydrogen (secondary N) is 2. The van der Waals surface area contributed by atoms with Gasteiger partial charge in [-0.25, -0.2) is 0 Å². The minimum absolute atomic E-state index is 0.189. The first kappa shape index (κ1) is 11.2. The number of H-pyrrole nitrogens is 2. The molecule has 1 saturated heterocycles. The molecule has 1 aliphatic rings. The standard InChI is InChI=1S/C11H17N7/c1-7-2-3-18(6-9(7)12)11-15-10(16-17-11)8-4-13-14-5-8/h4-5,7,9H,2-3,6,12H2,1H3,(H,13,14)(H,15,16,17). The van der Waals surface area contributed by atoms with Gasteiger partial charge < -0.3 is 10.6 Å². The van der Waals surface area contributed by atoms with Crippen LogP contribution in [0.2, 0.25) is 0 Å². The van der Waals surface area contributed by atoms with E-state index in [0.717, 1.165) is 30.9 Å². The van der Waals surface area contributed by atoms with E-state index in [-0.39, 0.29) is 6.04 Å². The molecule has 2 aromatic rings. The predicted octanol–water partition coefficient (Wildman–Crippen LogP) is 0.368. The van der Waals surface area contributed by atoms with Gasteiger partial charge in [-0.05, 0) is 12.3 Å². The molecule has 7 nitrogen and oxygen atoms in total. The van der Waals surface area contributed by atoms with Crippen molar-refractivity contribution in [1.29, 1.82) is 0 Å². The van der Waals surface area contributed by atoms with Crippen LogP contribution in [-0.4, -0.2) is 44.5 Å². The Morgan fingerprint density at radius 2 is 2.39 bits per heavy atom. The molecule has 2 atom stereocenters. The predicted molar refractivity (Wildman–Crippen MR) is 67.9 cm³/mol. The molecule has 1 aliphatic heterocycles. The van der Waals surface area contributed by atoms with E-state index < -0.39 is 0 Å². The zero-order valence-electron chi connectivity index (χ0n) is 10.3. The van der Waals surface area contributed by atoms with Gasteiger partial charge in [0.25, 0.3) is 0 Å². The second-order valence-electron chi connectivity index (χ2n) is 4.85. The third-order valence-corrected chi connectivity index (χ3v) is 3.54. The second kappa shape index (κ2) is 4.41. The number of rotatable bonds is 2. The summed E-state index contributed by atoms with van der Waals surface area (Å²) in [5.41, 5.74) is 6.99. The Labute approximate surface area is 105 Å². The van der Waals surface area contributed by atoms with Crippen molar-refractivity contribution in [1.82, 2.24) is 25.4 Å². The van der Waals surface area contributed by atoms with Gasteiger partial charge >= 0.3 is 0 Å². The fraction of sp³-hybridized carbons (Fsp3) is 0.545. The smallest absolute Gasteiger partial charge is 0.245 e. The summed E-state index contributed by atoms with van der Waals surface area (Å²) in [5.74, 6) is 2.01. The van der Waals surface area contributed by atoms with Crippen LogP contribution in [-0.2, 0) is 0 Å². The Morgan fingerprint density at radius 3 is 3.11 bits per heavy atom. The largest absolute Gasteiger partial charge is 0.338 e. The molecular weight excluding hydrogens is 230 g/mol. The lowest BCUT2D eigenvalue weighted by Gasteiger charge is -2.34. The molecule has 0 aromatic carbocycles. The molecule has 0 saturated carbocycles. The Hall–Kier alpha value is -1.89. The minimum Gasteiger partial charge on any atom is -0.338 e. The highest BCUT2D eigenvalue weighted by molar-refractivity contribution is 5.53. The van der Waals surface area contributed by atoms with E-state index in [1.807, 2.05) is 0 Å². The van der Waals surface area contributed by atoms with Crippen LogP contribution in [0.5, 0.6) is 0 Å². The van der Waals surface area contributed by atoms with E-state index >= 15 is 0 Å². The lowest BCUT2D eigenvalue weighted by molar-refractivity contribution is 0.376. The van der Waals surface area contributed by atoms with Crippen LogP contribution in [0, 0.1) is 5.92 Å². The van der Waals surface area contributed by atoms with Gasteiger partial charge in [0.05, 0.1) is 11.8 Å². The molecule has 4 N–H and O–H groups in total. The van der Waals surface area contributed by atoms with Crippen molar-refractivity contribution in [3.63, 3.8) is 0 Å². The maximum Gasteiger partial charge on any atom is 0.245 e.